The first-order valence-corrected chi connectivity index (χ1v) is 7.03. The Hall–Kier alpha value is -0.130. The summed E-state index contributed by atoms with van der Waals surface area (Å²) in [7, 11) is 1.72. The van der Waals surface area contributed by atoms with Crippen LogP contribution in [0.2, 0.25) is 5.02 Å². The van der Waals surface area contributed by atoms with Crippen LogP contribution in [0, 0.1) is 0 Å². The van der Waals surface area contributed by atoms with Crippen molar-refractivity contribution in [1.29, 1.82) is 0 Å². The zero-order chi connectivity index (χ0) is 13.8. The summed E-state index contributed by atoms with van der Waals surface area (Å²) in [6.45, 7) is 4.12. The third kappa shape index (κ3) is 4.52. The Morgan fingerprint density at radius 2 is 2.17 bits per heavy atom. The molecule has 0 saturated carbocycles. The zero-order valence-corrected chi connectivity index (χ0v) is 13.3. The number of nitrogens with two attached hydrogens (primary N) is 1. The molecule has 1 aromatic carbocycles. The number of hydrazine groups is 1. The minimum Gasteiger partial charge on any atom is -0.379 e. The minimum atomic E-state index is -0.159. The summed E-state index contributed by atoms with van der Waals surface area (Å²) in [6, 6.07) is 5.79. The molecule has 18 heavy (non-hydrogen) atoms. The molecule has 0 spiro atoms. The first-order valence-electron chi connectivity index (χ1n) is 5.86. The largest absolute Gasteiger partial charge is 0.379 e. The zero-order valence-electron chi connectivity index (χ0n) is 11.0. The number of hydrogen-bond acceptors (Lipinski definition) is 3. The lowest BCUT2D eigenvalue weighted by atomic mass is 9.95. The molecule has 0 aliphatic carbocycles. The minimum absolute atomic E-state index is 0.0180. The van der Waals surface area contributed by atoms with Gasteiger partial charge in [-0.2, -0.15) is 0 Å². The third-order valence-electron chi connectivity index (χ3n) is 3.12. The van der Waals surface area contributed by atoms with Crippen molar-refractivity contribution in [2.24, 2.45) is 5.84 Å². The second-order valence-electron chi connectivity index (χ2n) is 4.89. The van der Waals surface area contributed by atoms with E-state index in [1.165, 1.54) is 0 Å². The summed E-state index contributed by atoms with van der Waals surface area (Å²) in [5.41, 5.74) is 3.66. The smallest absolute Gasteiger partial charge is 0.0623 e. The number of benzene rings is 1. The van der Waals surface area contributed by atoms with Crippen molar-refractivity contribution in [3.63, 3.8) is 0 Å². The van der Waals surface area contributed by atoms with Gasteiger partial charge in [-0.25, -0.2) is 0 Å². The van der Waals surface area contributed by atoms with Crippen molar-refractivity contribution in [3.8, 4) is 0 Å². The number of ether oxygens (including phenoxy) is 1. The lowest BCUT2D eigenvalue weighted by molar-refractivity contribution is 0.0117. The fourth-order valence-electron chi connectivity index (χ4n) is 1.70. The lowest BCUT2D eigenvalue weighted by Gasteiger charge is -2.26. The summed E-state index contributed by atoms with van der Waals surface area (Å²) >= 11 is 9.65. The summed E-state index contributed by atoms with van der Waals surface area (Å²) in [6.07, 6.45) is 1.74. The van der Waals surface area contributed by atoms with E-state index in [-0.39, 0.29) is 11.6 Å². The van der Waals surface area contributed by atoms with Crippen LogP contribution in [0.15, 0.2) is 22.7 Å². The Morgan fingerprint density at radius 3 is 2.72 bits per heavy atom. The Morgan fingerprint density at radius 1 is 1.50 bits per heavy atom. The number of hydrogen-bond donors (Lipinski definition) is 2. The van der Waals surface area contributed by atoms with Gasteiger partial charge in [-0.15, -0.1) is 0 Å². The average Bonchev–Trinajstić information content (AvgIpc) is 2.34. The van der Waals surface area contributed by atoms with Gasteiger partial charge >= 0.3 is 0 Å². The predicted molar refractivity (Wildman–Crippen MR) is 79.5 cm³/mol. The molecule has 1 aromatic rings. The first-order chi connectivity index (χ1) is 8.39. The molecule has 0 aliphatic rings. The van der Waals surface area contributed by atoms with E-state index in [0.717, 1.165) is 27.9 Å². The predicted octanol–water partition coefficient (Wildman–Crippen LogP) is 3.81. The first kappa shape index (κ1) is 15.9. The molecule has 1 rings (SSSR count). The van der Waals surface area contributed by atoms with Gasteiger partial charge in [-0.05, 0) is 50.5 Å². The normalized spacial score (nSPS) is 13.7. The van der Waals surface area contributed by atoms with Crippen molar-refractivity contribution in [2.45, 2.75) is 38.3 Å². The van der Waals surface area contributed by atoms with Gasteiger partial charge < -0.3 is 4.74 Å². The van der Waals surface area contributed by atoms with Gasteiger partial charge in [0.2, 0.25) is 0 Å². The highest BCUT2D eigenvalue weighted by atomic mass is 79.9. The molecule has 0 radical (unpaired) electrons. The molecule has 102 valence electrons. The van der Waals surface area contributed by atoms with Crippen molar-refractivity contribution in [3.05, 3.63) is 33.3 Å². The van der Waals surface area contributed by atoms with Crippen molar-refractivity contribution in [2.75, 3.05) is 7.11 Å². The van der Waals surface area contributed by atoms with E-state index in [4.69, 9.17) is 22.2 Å². The Bertz CT molecular complexity index is 399. The average molecular weight is 336 g/mol. The van der Waals surface area contributed by atoms with Gasteiger partial charge in [0.25, 0.3) is 0 Å². The van der Waals surface area contributed by atoms with Crippen LogP contribution in [-0.4, -0.2) is 12.7 Å². The Labute approximate surface area is 122 Å². The maximum Gasteiger partial charge on any atom is 0.0623 e. The van der Waals surface area contributed by atoms with E-state index in [0.29, 0.717) is 0 Å². The van der Waals surface area contributed by atoms with Crippen LogP contribution < -0.4 is 11.3 Å². The van der Waals surface area contributed by atoms with E-state index in [1.54, 1.807) is 7.11 Å². The maximum absolute atomic E-state index is 6.21. The fourth-order valence-corrected chi connectivity index (χ4v) is 2.33. The van der Waals surface area contributed by atoms with E-state index in [2.05, 4.69) is 35.2 Å². The van der Waals surface area contributed by atoms with Gasteiger partial charge in [0, 0.05) is 22.6 Å². The highest BCUT2D eigenvalue weighted by molar-refractivity contribution is 9.10. The highest BCUT2D eigenvalue weighted by Crippen LogP contribution is 2.30. The summed E-state index contributed by atoms with van der Waals surface area (Å²) in [5, 5.41) is 0.719. The molecular weight excluding hydrogens is 316 g/mol. The Balaban J connectivity index is 2.80. The molecule has 0 bridgehead atoms. The Kier molecular flexibility index (Phi) is 6.08. The van der Waals surface area contributed by atoms with Gasteiger partial charge in [0.05, 0.1) is 5.60 Å². The SMILES string of the molecule is COC(C)(C)CCC(NN)c1cc(Br)ccc1Cl. The van der Waals surface area contributed by atoms with E-state index < -0.39 is 0 Å². The van der Waals surface area contributed by atoms with Gasteiger partial charge in [0.15, 0.2) is 0 Å². The molecule has 3 N–H and O–H groups in total. The van der Waals surface area contributed by atoms with Crippen molar-refractivity contribution in [1.82, 2.24) is 5.43 Å². The third-order valence-corrected chi connectivity index (χ3v) is 3.96. The molecule has 0 heterocycles. The number of methoxy groups -OCH3 is 1. The highest BCUT2D eigenvalue weighted by Gasteiger charge is 2.21. The monoisotopic (exact) mass is 334 g/mol. The van der Waals surface area contributed by atoms with Crippen LogP contribution in [0.5, 0.6) is 0 Å². The summed E-state index contributed by atoms with van der Waals surface area (Å²) in [4.78, 5) is 0. The second-order valence-corrected chi connectivity index (χ2v) is 6.21. The van der Waals surface area contributed by atoms with Crippen LogP contribution in [0.4, 0.5) is 0 Å². The topological polar surface area (TPSA) is 47.3 Å². The van der Waals surface area contributed by atoms with Gasteiger partial charge in [0.1, 0.15) is 0 Å². The van der Waals surface area contributed by atoms with Crippen LogP contribution in [0.3, 0.4) is 0 Å². The van der Waals surface area contributed by atoms with Crippen molar-refractivity contribution >= 4 is 27.5 Å². The van der Waals surface area contributed by atoms with Crippen LogP contribution in [-0.2, 0) is 4.74 Å². The number of nitrogens with one attached hydrogen (secondary N) is 1. The molecule has 0 saturated heterocycles. The molecule has 1 atom stereocenters. The molecule has 0 fully saturated rings. The van der Waals surface area contributed by atoms with Crippen LogP contribution >= 0.6 is 27.5 Å². The van der Waals surface area contributed by atoms with E-state index >= 15 is 0 Å². The van der Waals surface area contributed by atoms with E-state index in [1.807, 2.05) is 18.2 Å². The molecule has 0 aliphatic heterocycles. The van der Waals surface area contributed by atoms with Gasteiger partial charge in [-0.3, -0.25) is 11.3 Å². The molecule has 5 heteroatoms. The van der Waals surface area contributed by atoms with Crippen molar-refractivity contribution < 1.29 is 4.74 Å². The molecule has 0 amide bonds. The molecular formula is C13H20BrClN2O. The summed E-state index contributed by atoms with van der Waals surface area (Å²) in [5.74, 6) is 5.63. The fraction of sp³-hybridized carbons (Fsp3) is 0.538. The molecule has 0 aromatic heterocycles. The molecule has 3 nitrogen and oxygen atoms in total. The number of rotatable bonds is 6. The van der Waals surface area contributed by atoms with E-state index in [9.17, 15) is 0 Å². The van der Waals surface area contributed by atoms with Crippen LogP contribution in [0.1, 0.15) is 38.3 Å². The van der Waals surface area contributed by atoms with Crippen LogP contribution in [0.25, 0.3) is 0 Å². The number of halogens is 2. The standard InChI is InChI=1S/C13H20BrClN2O/c1-13(2,18-3)7-6-12(17-16)10-8-9(14)4-5-11(10)15/h4-5,8,12,17H,6-7,16H2,1-3H3. The maximum atomic E-state index is 6.21. The quantitative estimate of drug-likeness (QED) is 0.614. The van der Waals surface area contributed by atoms with Gasteiger partial charge in [-0.1, -0.05) is 27.5 Å². The lowest BCUT2D eigenvalue weighted by Crippen LogP contribution is -2.31. The second kappa shape index (κ2) is 6.87. The molecule has 1 unspecified atom stereocenters. The summed E-state index contributed by atoms with van der Waals surface area (Å²) < 4.78 is 6.41.